The van der Waals surface area contributed by atoms with Crippen LogP contribution in [0.15, 0.2) is 0 Å². The molecule has 17 heavy (non-hydrogen) atoms. The molecule has 1 fully saturated rings. The fourth-order valence-corrected chi connectivity index (χ4v) is 2.86. The van der Waals surface area contributed by atoms with Crippen LogP contribution in [0.4, 0.5) is 0 Å². The average Bonchev–Trinajstić information content (AvgIpc) is 2.73. The normalized spacial score (nSPS) is 24.2. The first-order chi connectivity index (χ1) is 7.97. The highest BCUT2D eigenvalue weighted by Gasteiger charge is 2.31. The van der Waals surface area contributed by atoms with Crippen molar-refractivity contribution in [1.82, 2.24) is 10.2 Å². The lowest BCUT2D eigenvalue weighted by Crippen LogP contribution is -2.29. The van der Waals surface area contributed by atoms with Crippen LogP contribution in [-0.4, -0.2) is 37.6 Å². The maximum atomic E-state index is 3.39. The molecule has 2 nitrogen and oxygen atoms in total. The van der Waals surface area contributed by atoms with Gasteiger partial charge in [0.15, 0.2) is 0 Å². The van der Waals surface area contributed by atoms with Gasteiger partial charge in [-0.2, -0.15) is 0 Å². The van der Waals surface area contributed by atoms with Crippen molar-refractivity contribution in [2.24, 2.45) is 11.3 Å². The summed E-state index contributed by atoms with van der Waals surface area (Å²) in [6, 6.07) is 0.719. The van der Waals surface area contributed by atoms with Crippen LogP contribution in [0.25, 0.3) is 0 Å². The summed E-state index contributed by atoms with van der Waals surface area (Å²) in [5, 5.41) is 3.39. The predicted octanol–water partition coefficient (Wildman–Crippen LogP) is 3.13. The van der Waals surface area contributed by atoms with Crippen LogP contribution >= 0.6 is 0 Å². The van der Waals surface area contributed by atoms with E-state index in [1.54, 1.807) is 0 Å². The third kappa shape index (κ3) is 4.97. The molecule has 2 atom stereocenters. The van der Waals surface area contributed by atoms with Gasteiger partial charge in [-0.25, -0.2) is 0 Å². The van der Waals surface area contributed by atoms with E-state index in [9.17, 15) is 0 Å². The number of likely N-dealkylation sites (tertiary alicyclic amines) is 1. The van der Waals surface area contributed by atoms with E-state index in [-0.39, 0.29) is 0 Å². The van der Waals surface area contributed by atoms with Crippen molar-refractivity contribution in [3.05, 3.63) is 0 Å². The minimum atomic E-state index is 0.492. The second-order valence-electron chi connectivity index (χ2n) is 6.69. The monoisotopic (exact) mass is 240 g/mol. The van der Waals surface area contributed by atoms with Crippen LogP contribution in [0, 0.1) is 11.3 Å². The third-order valence-electron chi connectivity index (χ3n) is 4.43. The molecule has 0 radical (unpaired) electrons. The minimum absolute atomic E-state index is 0.492. The first kappa shape index (κ1) is 15.0. The molecule has 0 bridgehead atoms. The summed E-state index contributed by atoms with van der Waals surface area (Å²) in [5.74, 6) is 0.897. The molecule has 0 aromatic carbocycles. The van der Waals surface area contributed by atoms with Crippen molar-refractivity contribution in [2.45, 2.75) is 59.4 Å². The molecular formula is C15H32N2. The number of hydrogen-bond donors (Lipinski definition) is 1. The van der Waals surface area contributed by atoms with E-state index < -0.39 is 0 Å². The van der Waals surface area contributed by atoms with Crippen molar-refractivity contribution in [1.29, 1.82) is 0 Å². The number of nitrogens with zero attached hydrogens (tertiary/aromatic N) is 1. The Morgan fingerprint density at radius 1 is 1.35 bits per heavy atom. The highest BCUT2D eigenvalue weighted by molar-refractivity contribution is 4.83. The Labute approximate surface area is 108 Å². The Bertz CT molecular complexity index is 203. The van der Waals surface area contributed by atoms with E-state index in [0.29, 0.717) is 5.41 Å². The van der Waals surface area contributed by atoms with Crippen molar-refractivity contribution < 1.29 is 0 Å². The van der Waals surface area contributed by atoms with Gasteiger partial charge in [0.2, 0.25) is 0 Å². The van der Waals surface area contributed by atoms with Gasteiger partial charge in [-0.05, 0) is 57.2 Å². The maximum absolute atomic E-state index is 3.39. The van der Waals surface area contributed by atoms with E-state index in [4.69, 9.17) is 0 Å². The molecule has 0 saturated carbocycles. The summed E-state index contributed by atoms with van der Waals surface area (Å²) in [5.41, 5.74) is 0.492. The molecule has 0 aromatic rings. The Morgan fingerprint density at radius 2 is 2.06 bits per heavy atom. The molecule has 0 amide bonds. The topological polar surface area (TPSA) is 15.3 Å². The standard InChI is InChI=1S/C15H32N2/c1-6-14(16-5)8-7-10-17-11-9-13(12-17)15(2,3)4/h13-14,16H,6-12H2,1-5H3. The number of nitrogens with one attached hydrogen (secondary N) is 1. The minimum Gasteiger partial charge on any atom is -0.317 e. The second kappa shape index (κ2) is 6.75. The lowest BCUT2D eigenvalue weighted by molar-refractivity contribution is 0.226. The van der Waals surface area contributed by atoms with Gasteiger partial charge in [-0.3, -0.25) is 0 Å². The average molecular weight is 240 g/mol. The van der Waals surface area contributed by atoms with Gasteiger partial charge in [-0.1, -0.05) is 27.7 Å². The lowest BCUT2D eigenvalue weighted by Gasteiger charge is -2.27. The zero-order valence-corrected chi connectivity index (χ0v) is 12.6. The number of rotatable bonds is 6. The first-order valence-corrected chi connectivity index (χ1v) is 7.37. The molecule has 1 aliphatic rings. The van der Waals surface area contributed by atoms with Gasteiger partial charge in [0, 0.05) is 12.6 Å². The van der Waals surface area contributed by atoms with E-state index in [0.717, 1.165) is 12.0 Å². The molecule has 1 aliphatic heterocycles. The summed E-state index contributed by atoms with van der Waals surface area (Å²) in [7, 11) is 2.08. The van der Waals surface area contributed by atoms with Crippen LogP contribution in [0.2, 0.25) is 0 Å². The predicted molar refractivity (Wildman–Crippen MR) is 76.4 cm³/mol. The highest BCUT2D eigenvalue weighted by Crippen LogP contribution is 2.33. The van der Waals surface area contributed by atoms with Gasteiger partial charge in [0.05, 0.1) is 0 Å². The van der Waals surface area contributed by atoms with Gasteiger partial charge in [0.25, 0.3) is 0 Å². The molecular weight excluding hydrogens is 208 g/mol. The third-order valence-corrected chi connectivity index (χ3v) is 4.43. The SMILES string of the molecule is CCC(CCCN1CCC(C(C)(C)C)C1)NC. The molecule has 1 saturated heterocycles. The molecule has 1 N–H and O–H groups in total. The van der Waals surface area contributed by atoms with Crippen molar-refractivity contribution in [3.8, 4) is 0 Å². The van der Waals surface area contributed by atoms with E-state index >= 15 is 0 Å². The van der Waals surface area contributed by atoms with Crippen molar-refractivity contribution in [3.63, 3.8) is 0 Å². The smallest absolute Gasteiger partial charge is 0.00619 e. The van der Waals surface area contributed by atoms with Crippen LogP contribution in [-0.2, 0) is 0 Å². The van der Waals surface area contributed by atoms with Crippen molar-refractivity contribution in [2.75, 3.05) is 26.7 Å². The first-order valence-electron chi connectivity index (χ1n) is 7.37. The molecule has 0 aliphatic carbocycles. The zero-order valence-electron chi connectivity index (χ0n) is 12.6. The molecule has 102 valence electrons. The number of hydrogen-bond acceptors (Lipinski definition) is 2. The molecule has 1 rings (SSSR count). The lowest BCUT2D eigenvalue weighted by atomic mass is 9.80. The molecule has 2 heteroatoms. The van der Waals surface area contributed by atoms with Crippen LogP contribution in [0.5, 0.6) is 0 Å². The van der Waals surface area contributed by atoms with Gasteiger partial charge >= 0.3 is 0 Å². The van der Waals surface area contributed by atoms with E-state index in [1.807, 2.05) is 0 Å². The summed E-state index contributed by atoms with van der Waals surface area (Å²) >= 11 is 0. The molecule has 0 aromatic heterocycles. The van der Waals surface area contributed by atoms with Crippen molar-refractivity contribution >= 4 is 0 Å². The summed E-state index contributed by atoms with van der Waals surface area (Å²) in [6.07, 6.45) is 5.31. The Balaban J connectivity index is 2.18. The van der Waals surface area contributed by atoms with Gasteiger partial charge < -0.3 is 10.2 Å². The summed E-state index contributed by atoms with van der Waals surface area (Å²) in [6.45, 7) is 13.4. The highest BCUT2D eigenvalue weighted by atomic mass is 15.1. The Morgan fingerprint density at radius 3 is 2.53 bits per heavy atom. The fraction of sp³-hybridized carbons (Fsp3) is 1.00. The van der Waals surface area contributed by atoms with E-state index in [2.05, 4.69) is 45.0 Å². The fourth-order valence-electron chi connectivity index (χ4n) is 2.86. The summed E-state index contributed by atoms with van der Waals surface area (Å²) in [4.78, 5) is 2.66. The van der Waals surface area contributed by atoms with Crippen LogP contribution < -0.4 is 5.32 Å². The Kier molecular flexibility index (Phi) is 5.94. The molecule has 2 unspecified atom stereocenters. The van der Waals surface area contributed by atoms with E-state index in [1.165, 1.54) is 45.3 Å². The molecule has 1 heterocycles. The Hall–Kier alpha value is -0.0800. The zero-order chi connectivity index (χ0) is 12.9. The molecule has 0 spiro atoms. The van der Waals surface area contributed by atoms with Crippen LogP contribution in [0.3, 0.4) is 0 Å². The van der Waals surface area contributed by atoms with Gasteiger partial charge in [-0.15, -0.1) is 0 Å². The largest absolute Gasteiger partial charge is 0.317 e. The van der Waals surface area contributed by atoms with Crippen LogP contribution in [0.1, 0.15) is 53.4 Å². The quantitative estimate of drug-likeness (QED) is 0.767. The second-order valence-corrected chi connectivity index (χ2v) is 6.69. The summed E-state index contributed by atoms with van der Waals surface area (Å²) < 4.78 is 0. The van der Waals surface area contributed by atoms with Gasteiger partial charge in [0.1, 0.15) is 0 Å². The maximum Gasteiger partial charge on any atom is 0.00619 e.